The highest BCUT2D eigenvalue weighted by atomic mass is 16.5. The molecule has 0 aliphatic rings. The monoisotopic (exact) mass is 470 g/mol. The molecule has 8 heteroatoms. The van der Waals surface area contributed by atoms with E-state index in [2.05, 4.69) is 0 Å². The van der Waals surface area contributed by atoms with Crippen LogP contribution in [0, 0.1) is 0 Å². The first-order valence-electron chi connectivity index (χ1n) is 10.5. The van der Waals surface area contributed by atoms with E-state index < -0.39 is 11.9 Å². The first-order chi connectivity index (χ1) is 16.0. The fraction of sp³-hybridized carbons (Fsp3) is 0.231. The maximum absolute atomic E-state index is 10.5. The SMILES string of the molecule is CC(C)Oc1ccc(C(=O)O)cc1.CC(C)Oc1ccc(C(=O)O)cc1.Oc1ccc(O)cc1. The zero-order valence-electron chi connectivity index (χ0n) is 19.5. The lowest BCUT2D eigenvalue weighted by Gasteiger charge is -2.08. The molecule has 4 N–H and O–H groups in total. The molecule has 182 valence electrons. The molecular weight excluding hydrogens is 440 g/mol. The van der Waals surface area contributed by atoms with Crippen LogP contribution in [0.4, 0.5) is 0 Å². The molecule has 34 heavy (non-hydrogen) atoms. The predicted octanol–water partition coefficient (Wildman–Crippen LogP) is 5.44. The van der Waals surface area contributed by atoms with Crippen LogP contribution in [0.15, 0.2) is 72.8 Å². The minimum atomic E-state index is -0.920. The van der Waals surface area contributed by atoms with Gasteiger partial charge in [0.1, 0.15) is 23.0 Å². The van der Waals surface area contributed by atoms with Crippen molar-refractivity contribution < 1.29 is 39.5 Å². The number of aromatic carboxylic acids is 2. The molecule has 0 fully saturated rings. The Labute approximate surface area is 198 Å². The van der Waals surface area contributed by atoms with Gasteiger partial charge in [-0.25, -0.2) is 9.59 Å². The first kappa shape index (κ1) is 27.8. The van der Waals surface area contributed by atoms with E-state index in [1.54, 1.807) is 24.3 Å². The van der Waals surface area contributed by atoms with Crippen LogP contribution in [0.1, 0.15) is 48.4 Å². The van der Waals surface area contributed by atoms with Gasteiger partial charge < -0.3 is 29.9 Å². The number of rotatable bonds is 6. The van der Waals surface area contributed by atoms with Crippen molar-refractivity contribution in [2.75, 3.05) is 0 Å². The van der Waals surface area contributed by atoms with Gasteiger partial charge in [-0.1, -0.05) is 0 Å². The first-order valence-corrected chi connectivity index (χ1v) is 10.5. The van der Waals surface area contributed by atoms with Crippen LogP contribution in [-0.4, -0.2) is 44.6 Å². The second kappa shape index (κ2) is 14.1. The fourth-order valence-corrected chi connectivity index (χ4v) is 2.35. The number of carbonyl (C=O) groups is 2. The number of carboxylic acids is 2. The van der Waals surface area contributed by atoms with Crippen molar-refractivity contribution >= 4 is 11.9 Å². The van der Waals surface area contributed by atoms with Crippen molar-refractivity contribution in [3.8, 4) is 23.0 Å². The second-order valence-electron chi connectivity index (χ2n) is 7.51. The van der Waals surface area contributed by atoms with Gasteiger partial charge in [-0.2, -0.15) is 0 Å². The minimum absolute atomic E-state index is 0.107. The van der Waals surface area contributed by atoms with Gasteiger partial charge in [0, 0.05) is 0 Å². The van der Waals surface area contributed by atoms with Gasteiger partial charge in [-0.3, -0.25) is 0 Å². The van der Waals surface area contributed by atoms with E-state index in [1.165, 1.54) is 48.5 Å². The summed E-state index contributed by atoms with van der Waals surface area (Å²) in [6.07, 6.45) is 0.214. The normalized spacial score (nSPS) is 9.82. The highest BCUT2D eigenvalue weighted by Crippen LogP contribution is 2.15. The maximum atomic E-state index is 10.5. The van der Waals surface area contributed by atoms with Crippen molar-refractivity contribution in [1.29, 1.82) is 0 Å². The molecule has 0 heterocycles. The smallest absolute Gasteiger partial charge is 0.335 e. The minimum Gasteiger partial charge on any atom is -0.508 e. The third-order valence-corrected chi connectivity index (χ3v) is 3.80. The molecule has 0 aliphatic heterocycles. The van der Waals surface area contributed by atoms with Crippen molar-refractivity contribution in [3.63, 3.8) is 0 Å². The van der Waals surface area contributed by atoms with Crippen molar-refractivity contribution in [1.82, 2.24) is 0 Å². The standard InChI is InChI=1S/2C10H12O3.C6H6O2/c2*1-7(2)13-9-5-3-8(4-6-9)10(11)12;7-5-1-2-6(8)4-3-5/h2*3-7H,1-2H3,(H,11,12);1-4,7-8H. The van der Waals surface area contributed by atoms with E-state index in [-0.39, 0.29) is 34.8 Å². The van der Waals surface area contributed by atoms with Crippen LogP contribution in [0.2, 0.25) is 0 Å². The second-order valence-corrected chi connectivity index (χ2v) is 7.51. The van der Waals surface area contributed by atoms with Crippen LogP contribution >= 0.6 is 0 Å². The summed E-state index contributed by atoms with van der Waals surface area (Å²) in [5, 5.41) is 34.5. The number of benzene rings is 3. The molecule has 0 saturated carbocycles. The third kappa shape index (κ3) is 11.4. The maximum Gasteiger partial charge on any atom is 0.335 e. The van der Waals surface area contributed by atoms with Crippen LogP contribution < -0.4 is 9.47 Å². The van der Waals surface area contributed by atoms with Gasteiger partial charge in [0.25, 0.3) is 0 Å². The molecule has 0 unspecified atom stereocenters. The van der Waals surface area contributed by atoms with Crippen LogP contribution in [-0.2, 0) is 0 Å². The van der Waals surface area contributed by atoms with E-state index in [9.17, 15) is 9.59 Å². The summed E-state index contributed by atoms with van der Waals surface area (Å²) < 4.78 is 10.7. The Kier molecular flexibility index (Phi) is 11.5. The number of phenols is 2. The molecular formula is C26H30O8. The Morgan fingerprint density at radius 1 is 0.559 bits per heavy atom. The molecule has 0 amide bonds. The summed E-state index contributed by atoms with van der Waals surface area (Å²) >= 11 is 0. The average Bonchev–Trinajstić information content (AvgIpc) is 2.76. The Bertz CT molecular complexity index is 924. The number of ether oxygens (including phenoxy) is 2. The van der Waals surface area contributed by atoms with Gasteiger partial charge in [-0.05, 0) is 100 Å². The molecule has 0 bridgehead atoms. The quantitative estimate of drug-likeness (QED) is 0.350. The van der Waals surface area contributed by atoms with Crippen molar-refractivity contribution in [2.24, 2.45) is 0 Å². The Hall–Kier alpha value is -4.20. The van der Waals surface area contributed by atoms with E-state index in [0.29, 0.717) is 11.5 Å². The van der Waals surface area contributed by atoms with Crippen LogP contribution in [0.3, 0.4) is 0 Å². The summed E-state index contributed by atoms with van der Waals surface area (Å²) in [5.74, 6) is -0.113. The lowest BCUT2D eigenvalue weighted by molar-refractivity contribution is 0.0686. The molecule has 3 aromatic carbocycles. The topological polar surface area (TPSA) is 134 Å². The summed E-state index contributed by atoms with van der Waals surface area (Å²) in [5.41, 5.74) is 0.548. The van der Waals surface area contributed by atoms with Crippen molar-refractivity contribution in [2.45, 2.75) is 39.9 Å². The number of aromatic hydroxyl groups is 2. The number of carboxylic acid groups (broad SMARTS) is 2. The molecule has 0 radical (unpaired) electrons. The van der Waals surface area contributed by atoms with Gasteiger partial charge in [0.05, 0.1) is 23.3 Å². The van der Waals surface area contributed by atoms with E-state index >= 15 is 0 Å². The Morgan fingerprint density at radius 3 is 1.03 bits per heavy atom. The number of phenolic OH excluding ortho intramolecular Hbond substituents is 2. The number of hydrogen-bond donors (Lipinski definition) is 4. The van der Waals surface area contributed by atoms with E-state index in [4.69, 9.17) is 29.9 Å². The van der Waals surface area contributed by atoms with Gasteiger partial charge in [0.15, 0.2) is 0 Å². The predicted molar refractivity (Wildman–Crippen MR) is 128 cm³/mol. The zero-order valence-corrected chi connectivity index (χ0v) is 19.5. The lowest BCUT2D eigenvalue weighted by Crippen LogP contribution is -2.05. The highest BCUT2D eigenvalue weighted by Gasteiger charge is 2.03. The average molecular weight is 471 g/mol. The molecule has 0 aromatic heterocycles. The summed E-state index contributed by atoms with van der Waals surface area (Å²) in [6, 6.07) is 18.4. The lowest BCUT2D eigenvalue weighted by atomic mass is 10.2. The fourth-order valence-electron chi connectivity index (χ4n) is 2.35. The molecule has 3 rings (SSSR count). The van der Waals surface area contributed by atoms with Crippen LogP contribution in [0.5, 0.6) is 23.0 Å². The largest absolute Gasteiger partial charge is 0.508 e. The Balaban J connectivity index is 0.000000263. The van der Waals surface area contributed by atoms with Crippen LogP contribution in [0.25, 0.3) is 0 Å². The molecule has 0 saturated heterocycles. The highest BCUT2D eigenvalue weighted by molar-refractivity contribution is 5.88. The van der Waals surface area contributed by atoms with E-state index in [0.717, 1.165) is 0 Å². The summed E-state index contributed by atoms with van der Waals surface area (Å²) in [6.45, 7) is 7.69. The zero-order chi connectivity index (χ0) is 25.7. The molecule has 8 nitrogen and oxygen atoms in total. The number of hydrogen-bond acceptors (Lipinski definition) is 6. The van der Waals surface area contributed by atoms with Gasteiger partial charge >= 0.3 is 11.9 Å². The van der Waals surface area contributed by atoms with Gasteiger partial charge in [0.2, 0.25) is 0 Å². The molecule has 0 aliphatic carbocycles. The third-order valence-electron chi connectivity index (χ3n) is 3.80. The summed E-state index contributed by atoms with van der Waals surface area (Å²) in [7, 11) is 0. The molecule has 3 aromatic rings. The Morgan fingerprint density at radius 2 is 0.824 bits per heavy atom. The molecule has 0 atom stereocenters. The summed E-state index contributed by atoms with van der Waals surface area (Å²) in [4.78, 5) is 21.0. The van der Waals surface area contributed by atoms with Crippen molar-refractivity contribution in [3.05, 3.63) is 83.9 Å². The molecule has 0 spiro atoms. The van der Waals surface area contributed by atoms with Gasteiger partial charge in [-0.15, -0.1) is 0 Å². The van der Waals surface area contributed by atoms with E-state index in [1.807, 2.05) is 27.7 Å².